The van der Waals surface area contributed by atoms with Crippen molar-refractivity contribution in [2.75, 3.05) is 23.7 Å². The van der Waals surface area contributed by atoms with Gasteiger partial charge >= 0.3 is 0 Å². The van der Waals surface area contributed by atoms with Crippen molar-refractivity contribution in [3.05, 3.63) is 18.3 Å². The topological polar surface area (TPSA) is 37.0 Å². The maximum absolute atomic E-state index is 4.27. The molecule has 0 amide bonds. The quantitative estimate of drug-likeness (QED) is 0.791. The zero-order chi connectivity index (χ0) is 12.3. The van der Waals surface area contributed by atoms with Gasteiger partial charge in [-0.05, 0) is 37.2 Å². The van der Waals surface area contributed by atoms with Crippen LogP contribution in [-0.4, -0.2) is 18.1 Å². The molecule has 94 valence electrons. The molecular formula is C14H23N3. The van der Waals surface area contributed by atoms with E-state index in [1.807, 2.05) is 12.3 Å². The minimum atomic E-state index is 0.543. The number of rotatable bonds is 6. The highest BCUT2D eigenvalue weighted by atomic mass is 15.0. The van der Waals surface area contributed by atoms with Gasteiger partial charge in [-0.15, -0.1) is 0 Å². The van der Waals surface area contributed by atoms with Crippen LogP contribution in [0.1, 0.15) is 33.6 Å². The molecule has 3 nitrogen and oxygen atoms in total. The second-order valence-corrected chi connectivity index (χ2v) is 5.33. The fraction of sp³-hybridized carbons (Fsp3) is 0.643. The Balaban J connectivity index is 1.93. The third-order valence-corrected chi connectivity index (χ3v) is 3.88. The van der Waals surface area contributed by atoms with Crippen LogP contribution in [0, 0.1) is 11.3 Å². The number of aromatic nitrogens is 1. The van der Waals surface area contributed by atoms with Crippen LogP contribution in [0.4, 0.5) is 11.5 Å². The third kappa shape index (κ3) is 2.90. The van der Waals surface area contributed by atoms with Crippen LogP contribution >= 0.6 is 0 Å². The molecule has 0 unspecified atom stereocenters. The number of anilines is 2. The summed E-state index contributed by atoms with van der Waals surface area (Å²) in [7, 11) is 0. The van der Waals surface area contributed by atoms with E-state index in [1.54, 1.807) is 0 Å². The predicted molar refractivity (Wildman–Crippen MR) is 73.4 cm³/mol. The largest absolute Gasteiger partial charge is 0.384 e. The number of nitrogens with one attached hydrogen (secondary N) is 2. The van der Waals surface area contributed by atoms with E-state index in [0.29, 0.717) is 5.41 Å². The average Bonchev–Trinajstić information content (AvgIpc) is 3.08. The van der Waals surface area contributed by atoms with Crippen LogP contribution in [0.25, 0.3) is 0 Å². The van der Waals surface area contributed by atoms with E-state index in [4.69, 9.17) is 0 Å². The molecule has 0 radical (unpaired) electrons. The minimum Gasteiger partial charge on any atom is -0.384 e. The lowest BCUT2D eigenvalue weighted by Crippen LogP contribution is -2.20. The van der Waals surface area contributed by atoms with Gasteiger partial charge in [-0.25, -0.2) is 4.98 Å². The van der Waals surface area contributed by atoms with Crippen molar-refractivity contribution in [3.8, 4) is 0 Å². The molecule has 0 aliphatic heterocycles. The molecule has 1 saturated carbocycles. The average molecular weight is 233 g/mol. The number of hydrogen-bond donors (Lipinski definition) is 2. The maximum Gasteiger partial charge on any atom is 0.127 e. The molecule has 1 aromatic rings. The fourth-order valence-corrected chi connectivity index (χ4v) is 2.22. The van der Waals surface area contributed by atoms with E-state index in [9.17, 15) is 0 Å². The molecule has 0 spiro atoms. The molecule has 1 aliphatic rings. The van der Waals surface area contributed by atoms with Gasteiger partial charge < -0.3 is 10.6 Å². The number of nitrogens with zero attached hydrogens (tertiary/aromatic N) is 1. The Morgan fingerprint density at radius 3 is 2.71 bits per heavy atom. The van der Waals surface area contributed by atoms with Crippen LogP contribution in [0.15, 0.2) is 18.3 Å². The van der Waals surface area contributed by atoms with Gasteiger partial charge in [0.2, 0.25) is 0 Å². The lowest BCUT2D eigenvalue weighted by molar-refractivity contribution is 0.380. The number of pyridine rings is 1. The first-order valence-corrected chi connectivity index (χ1v) is 6.60. The van der Waals surface area contributed by atoms with E-state index in [-0.39, 0.29) is 0 Å². The standard InChI is InChI=1S/C14H23N3/c1-4-15-13-9-12(5-8-16-13)17-10-14(6-7-14)11(2)3/h5,8-9,11H,4,6-7,10H2,1-3H3,(H2,15,16,17). The second-order valence-electron chi connectivity index (χ2n) is 5.33. The first kappa shape index (κ1) is 12.2. The van der Waals surface area contributed by atoms with E-state index in [2.05, 4.69) is 42.5 Å². The summed E-state index contributed by atoms with van der Waals surface area (Å²) < 4.78 is 0. The monoisotopic (exact) mass is 233 g/mol. The van der Waals surface area contributed by atoms with Crippen molar-refractivity contribution in [2.24, 2.45) is 11.3 Å². The summed E-state index contributed by atoms with van der Waals surface area (Å²) in [6.07, 6.45) is 4.58. The maximum atomic E-state index is 4.27. The van der Waals surface area contributed by atoms with E-state index >= 15 is 0 Å². The van der Waals surface area contributed by atoms with Crippen LogP contribution < -0.4 is 10.6 Å². The molecular weight excluding hydrogens is 210 g/mol. The van der Waals surface area contributed by atoms with Gasteiger partial charge in [0.25, 0.3) is 0 Å². The van der Waals surface area contributed by atoms with Gasteiger partial charge in [0.1, 0.15) is 5.82 Å². The highest BCUT2D eigenvalue weighted by molar-refractivity contribution is 5.52. The molecule has 0 atom stereocenters. The Morgan fingerprint density at radius 2 is 2.12 bits per heavy atom. The first-order valence-electron chi connectivity index (χ1n) is 6.60. The molecule has 1 heterocycles. The smallest absolute Gasteiger partial charge is 0.127 e. The summed E-state index contributed by atoms with van der Waals surface area (Å²) in [5.74, 6) is 1.72. The van der Waals surface area contributed by atoms with Crippen molar-refractivity contribution < 1.29 is 0 Å². The molecule has 0 aromatic carbocycles. The van der Waals surface area contributed by atoms with Crippen molar-refractivity contribution in [1.82, 2.24) is 4.98 Å². The SMILES string of the molecule is CCNc1cc(NCC2(C(C)C)CC2)ccn1. The summed E-state index contributed by atoms with van der Waals surface area (Å²) >= 11 is 0. The lowest BCUT2D eigenvalue weighted by atomic mass is 9.92. The molecule has 0 bridgehead atoms. The summed E-state index contributed by atoms with van der Waals surface area (Å²) in [4.78, 5) is 4.27. The lowest BCUT2D eigenvalue weighted by Gasteiger charge is -2.20. The molecule has 3 heteroatoms. The summed E-state index contributed by atoms with van der Waals surface area (Å²) in [6, 6.07) is 4.12. The van der Waals surface area contributed by atoms with Crippen molar-refractivity contribution in [1.29, 1.82) is 0 Å². The van der Waals surface area contributed by atoms with Crippen LogP contribution in [0.5, 0.6) is 0 Å². The van der Waals surface area contributed by atoms with Gasteiger partial charge in [-0.2, -0.15) is 0 Å². The van der Waals surface area contributed by atoms with Crippen molar-refractivity contribution >= 4 is 11.5 Å². The fourth-order valence-electron chi connectivity index (χ4n) is 2.22. The molecule has 17 heavy (non-hydrogen) atoms. The Labute approximate surface area is 104 Å². The Bertz CT molecular complexity index is 369. The summed E-state index contributed by atoms with van der Waals surface area (Å²) in [6.45, 7) is 8.73. The van der Waals surface area contributed by atoms with E-state index in [0.717, 1.165) is 24.8 Å². The van der Waals surface area contributed by atoms with Gasteiger partial charge in [0.15, 0.2) is 0 Å². The normalized spacial score (nSPS) is 16.9. The van der Waals surface area contributed by atoms with Crippen LogP contribution in [0.2, 0.25) is 0 Å². The van der Waals surface area contributed by atoms with Crippen molar-refractivity contribution in [3.63, 3.8) is 0 Å². The Kier molecular flexibility index (Phi) is 3.55. The Morgan fingerprint density at radius 1 is 1.35 bits per heavy atom. The van der Waals surface area contributed by atoms with Gasteiger partial charge in [0, 0.05) is 31.0 Å². The zero-order valence-electron chi connectivity index (χ0n) is 11.1. The van der Waals surface area contributed by atoms with Crippen LogP contribution in [0.3, 0.4) is 0 Å². The van der Waals surface area contributed by atoms with E-state index < -0.39 is 0 Å². The highest BCUT2D eigenvalue weighted by Gasteiger charge is 2.44. The van der Waals surface area contributed by atoms with Crippen molar-refractivity contribution in [2.45, 2.75) is 33.6 Å². The van der Waals surface area contributed by atoms with Gasteiger partial charge in [-0.3, -0.25) is 0 Å². The summed E-state index contributed by atoms with van der Waals surface area (Å²) in [5.41, 5.74) is 1.71. The molecule has 1 aliphatic carbocycles. The van der Waals surface area contributed by atoms with Gasteiger partial charge in [-0.1, -0.05) is 13.8 Å². The first-order chi connectivity index (χ1) is 8.16. The van der Waals surface area contributed by atoms with Gasteiger partial charge in [0.05, 0.1) is 0 Å². The Hall–Kier alpha value is -1.25. The predicted octanol–water partition coefficient (Wildman–Crippen LogP) is 3.36. The second kappa shape index (κ2) is 4.94. The highest BCUT2D eigenvalue weighted by Crippen LogP contribution is 2.51. The molecule has 1 fully saturated rings. The number of hydrogen-bond acceptors (Lipinski definition) is 3. The molecule has 2 N–H and O–H groups in total. The molecule has 0 saturated heterocycles. The third-order valence-electron chi connectivity index (χ3n) is 3.88. The zero-order valence-corrected chi connectivity index (χ0v) is 11.1. The molecule has 1 aromatic heterocycles. The van der Waals surface area contributed by atoms with Crippen LogP contribution in [-0.2, 0) is 0 Å². The molecule has 2 rings (SSSR count). The minimum absolute atomic E-state index is 0.543. The summed E-state index contributed by atoms with van der Waals surface area (Å²) in [5, 5.41) is 6.78. The van der Waals surface area contributed by atoms with E-state index in [1.165, 1.54) is 18.5 Å².